The maximum absolute atomic E-state index is 12.8. The number of nitrogens with zero attached hydrogens (tertiary/aromatic N) is 3. The molecule has 4 rings (SSSR count). The van der Waals surface area contributed by atoms with Crippen molar-refractivity contribution in [3.8, 4) is 5.75 Å². The molecule has 0 spiro atoms. The van der Waals surface area contributed by atoms with Crippen LogP contribution in [0.15, 0.2) is 48.5 Å². The summed E-state index contributed by atoms with van der Waals surface area (Å²) in [5, 5.41) is 0. The molecule has 0 radical (unpaired) electrons. The molecule has 7 heteroatoms. The average molecular weight is 393 g/mol. The van der Waals surface area contributed by atoms with Crippen LogP contribution in [-0.2, 0) is 20.9 Å². The van der Waals surface area contributed by atoms with Gasteiger partial charge in [0.05, 0.1) is 30.4 Å². The minimum absolute atomic E-state index is 0.00856. The molecule has 2 aromatic carbocycles. The van der Waals surface area contributed by atoms with Gasteiger partial charge in [0.25, 0.3) is 0 Å². The number of fused-ring (bicyclic) bond motifs is 1. The van der Waals surface area contributed by atoms with Gasteiger partial charge in [-0.05, 0) is 31.2 Å². The van der Waals surface area contributed by atoms with Gasteiger partial charge in [0, 0.05) is 18.9 Å². The lowest BCUT2D eigenvalue weighted by Gasteiger charge is -2.19. The number of amides is 1. The fraction of sp³-hybridized carbons (Fsp3) is 0.318. The Morgan fingerprint density at radius 2 is 1.93 bits per heavy atom. The Labute approximate surface area is 168 Å². The van der Waals surface area contributed by atoms with Crippen LogP contribution in [0.1, 0.15) is 25.1 Å². The van der Waals surface area contributed by atoms with E-state index in [4.69, 9.17) is 14.5 Å². The Morgan fingerprint density at radius 3 is 2.72 bits per heavy atom. The van der Waals surface area contributed by atoms with Gasteiger partial charge in [-0.1, -0.05) is 24.3 Å². The van der Waals surface area contributed by atoms with Crippen LogP contribution in [0.4, 0.5) is 5.69 Å². The molecule has 0 saturated carbocycles. The summed E-state index contributed by atoms with van der Waals surface area (Å²) in [5.74, 6) is 0.942. The third-order valence-electron chi connectivity index (χ3n) is 5.14. The molecule has 1 aliphatic rings. The van der Waals surface area contributed by atoms with E-state index in [1.165, 1.54) is 0 Å². The fourth-order valence-electron chi connectivity index (χ4n) is 3.87. The Morgan fingerprint density at radius 1 is 1.17 bits per heavy atom. The Balaban J connectivity index is 1.70. The molecule has 1 aromatic heterocycles. The van der Waals surface area contributed by atoms with Crippen LogP contribution in [0.3, 0.4) is 0 Å². The predicted octanol–water partition coefficient (Wildman–Crippen LogP) is 3.13. The topological polar surface area (TPSA) is 73.7 Å². The number of hydrogen-bond donors (Lipinski definition) is 0. The molecule has 1 saturated heterocycles. The minimum Gasteiger partial charge on any atom is -0.495 e. The summed E-state index contributed by atoms with van der Waals surface area (Å²) in [6.07, 6.45) is 0.324. The number of ether oxygens (including phenoxy) is 2. The third kappa shape index (κ3) is 3.55. The summed E-state index contributed by atoms with van der Waals surface area (Å²) in [7, 11) is 1.59. The van der Waals surface area contributed by atoms with E-state index in [1.807, 2.05) is 53.1 Å². The number of methoxy groups -OCH3 is 1. The maximum Gasteiger partial charge on any atom is 0.326 e. The number of carbonyl (C=O) groups excluding carboxylic acids is 2. The van der Waals surface area contributed by atoms with Crippen LogP contribution in [0, 0.1) is 0 Å². The molecule has 1 amide bonds. The second kappa shape index (κ2) is 7.95. The van der Waals surface area contributed by atoms with Crippen LogP contribution in [0.5, 0.6) is 5.75 Å². The molecule has 0 unspecified atom stereocenters. The monoisotopic (exact) mass is 393 g/mol. The van der Waals surface area contributed by atoms with Crippen molar-refractivity contribution in [1.29, 1.82) is 0 Å². The highest BCUT2D eigenvalue weighted by molar-refractivity contribution is 5.98. The number of imidazole rings is 1. The lowest BCUT2D eigenvalue weighted by Crippen LogP contribution is -2.25. The summed E-state index contributed by atoms with van der Waals surface area (Å²) in [5.41, 5.74) is 2.41. The number of esters is 1. The highest BCUT2D eigenvalue weighted by Crippen LogP contribution is 2.37. The molecular formula is C22H23N3O4. The van der Waals surface area contributed by atoms with E-state index in [0.29, 0.717) is 25.3 Å². The van der Waals surface area contributed by atoms with Crippen molar-refractivity contribution in [3.05, 3.63) is 54.4 Å². The second-order valence-corrected chi connectivity index (χ2v) is 6.93. The molecule has 29 heavy (non-hydrogen) atoms. The normalized spacial score (nSPS) is 16.4. The number of hydrogen-bond acceptors (Lipinski definition) is 5. The zero-order chi connectivity index (χ0) is 20.4. The van der Waals surface area contributed by atoms with E-state index < -0.39 is 0 Å². The first-order valence-corrected chi connectivity index (χ1v) is 9.66. The SMILES string of the molecule is CCOC(=O)Cn1c([C@H]2CC(=O)N(c3ccccc3OC)C2)nc2ccccc21. The Bertz CT molecular complexity index is 1060. The van der Waals surface area contributed by atoms with Gasteiger partial charge in [-0.15, -0.1) is 0 Å². The van der Waals surface area contributed by atoms with Crippen molar-refractivity contribution >= 4 is 28.6 Å². The van der Waals surface area contributed by atoms with Gasteiger partial charge in [0.1, 0.15) is 18.1 Å². The molecule has 0 bridgehead atoms. The van der Waals surface area contributed by atoms with Crippen molar-refractivity contribution in [3.63, 3.8) is 0 Å². The van der Waals surface area contributed by atoms with Crippen LogP contribution >= 0.6 is 0 Å². The molecule has 0 N–H and O–H groups in total. The number of carbonyl (C=O) groups is 2. The third-order valence-corrected chi connectivity index (χ3v) is 5.14. The number of benzene rings is 2. The fourth-order valence-corrected chi connectivity index (χ4v) is 3.87. The molecule has 3 aromatic rings. The first kappa shape index (κ1) is 19.0. The lowest BCUT2D eigenvalue weighted by molar-refractivity contribution is -0.143. The van der Waals surface area contributed by atoms with Crippen LogP contribution < -0.4 is 9.64 Å². The smallest absolute Gasteiger partial charge is 0.326 e. The van der Waals surface area contributed by atoms with Gasteiger partial charge in [-0.3, -0.25) is 9.59 Å². The van der Waals surface area contributed by atoms with Crippen molar-refractivity contribution in [2.45, 2.75) is 25.8 Å². The number of rotatable bonds is 6. The molecule has 1 fully saturated rings. The molecule has 1 aliphatic heterocycles. The van der Waals surface area contributed by atoms with E-state index in [0.717, 1.165) is 22.5 Å². The highest BCUT2D eigenvalue weighted by Gasteiger charge is 2.36. The van der Waals surface area contributed by atoms with Gasteiger partial charge in [0.2, 0.25) is 5.91 Å². The van der Waals surface area contributed by atoms with Gasteiger partial charge in [-0.2, -0.15) is 0 Å². The van der Waals surface area contributed by atoms with E-state index in [-0.39, 0.29) is 24.3 Å². The molecule has 7 nitrogen and oxygen atoms in total. The largest absolute Gasteiger partial charge is 0.495 e. The van der Waals surface area contributed by atoms with Crippen LogP contribution in [-0.4, -0.2) is 41.7 Å². The molecule has 0 aliphatic carbocycles. The van der Waals surface area contributed by atoms with Gasteiger partial charge in [0.15, 0.2) is 0 Å². The van der Waals surface area contributed by atoms with Gasteiger partial charge >= 0.3 is 5.97 Å². The van der Waals surface area contributed by atoms with Gasteiger partial charge < -0.3 is 18.9 Å². The summed E-state index contributed by atoms with van der Waals surface area (Å²) in [6.45, 7) is 2.66. The summed E-state index contributed by atoms with van der Waals surface area (Å²) in [6, 6.07) is 15.1. The van der Waals surface area contributed by atoms with Crippen molar-refractivity contribution in [2.75, 3.05) is 25.2 Å². The van der Waals surface area contributed by atoms with Crippen molar-refractivity contribution in [1.82, 2.24) is 9.55 Å². The predicted molar refractivity (Wildman–Crippen MR) is 109 cm³/mol. The lowest BCUT2D eigenvalue weighted by atomic mass is 10.1. The zero-order valence-electron chi connectivity index (χ0n) is 16.5. The number of anilines is 1. The molecule has 150 valence electrons. The standard InChI is InChI=1S/C22H23N3O4/c1-3-29-21(27)14-25-17-9-5-4-8-16(17)23-22(25)15-12-20(26)24(13-15)18-10-6-7-11-19(18)28-2/h4-11,15H,3,12-14H2,1-2H3/t15-/m0/s1. The minimum atomic E-state index is -0.317. The van der Waals surface area contributed by atoms with Crippen molar-refractivity contribution < 1.29 is 19.1 Å². The Kier molecular flexibility index (Phi) is 5.20. The van der Waals surface area contributed by atoms with Crippen LogP contribution in [0.2, 0.25) is 0 Å². The molecule has 2 heterocycles. The second-order valence-electron chi connectivity index (χ2n) is 6.93. The van der Waals surface area contributed by atoms with E-state index in [1.54, 1.807) is 18.9 Å². The van der Waals surface area contributed by atoms with Crippen molar-refractivity contribution in [2.24, 2.45) is 0 Å². The number of para-hydroxylation sites is 4. The zero-order valence-corrected chi connectivity index (χ0v) is 16.5. The summed E-state index contributed by atoms with van der Waals surface area (Å²) in [4.78, 5) is 31.5. The maximum atomic E-state index is 12.8. The first-order chi connectivity index (χ1) is 14.1. The number of aromatic nitrogens is 2. The van der Waals surface area contributed by atoms with E-state index >= 15 is 0 Å². The first-order valence-electron chi connectivity index (χ1n) is 9.66. The summed E-state index contributed by atoms with van der Waals surface area (Å²) < 4.78 is 12.4. The summed E-state index contributed by atoms with van der Waals surface area (Å²) >= 11 is 0. The average Bonchev–Trinajstić information content (AvgIpc) is 3.29. The van der Waals surface area contributed by atoms with Crippen LogP contribution in [0.25, 0.3) is 11.0 Å². The Hall–Kier alpha value is -3.35. The highest BCUT2D eigenvalue weighted by atomic mass is 16.5. The van der Waals surface area contributed by atoms with Gasteiger partial charge in [-0.25, -0.2) is 4.98 Å². The molecule has 1 atom stereocenters. The van der Waals surface area contributed by atoms with E-state index in [9.17, 15) is 9.59 Å². The van der Waals surface area contributed by atoms with E-state index in [2.05, 4.69) is 0 Å². The molecular weight excluding hydrogens is 370 g/mol. The quantitative estimate of drug-likeness (QED) is 0.602.